The third-order valence-corrected chi connectivity index (χ3v) is 3.30. The van der Waals surface area contributed by atoms with Gasteiger partial charge in [0.25, 0.3) is 0 Å². The Bertz CT molecular complexity index is 503. The maximum absolute atomic E-state index is 11.7. The zero-order valence-electron chi connectivity index (χ0n) is 13.2. The van der Waals surface area contributed by atoms with E-state index in [0.717, 1.165) is 24.1 Å². The van der Waals surface area contributed by atoms with Crippen molar-refractivity contribution in [2.75, 3.05) is 11.9 Å². The molecule has 0 saturated heterocycles. The van der Waals surface area contributed by atoms with Gasteiger partial charge in [-0.1, -0.05) is 13.3 Å². The average Bonchev–Trinajstić information content (AvgIpc) is 2.41. The molecule has 0 saturated carbocycles. The minimum absolute atomic E-state index is 0.301. The average molecular weight is 308 g/mol. The van der Waals surface area contributed by atoms with E-state index < -0.39 is 0 Å². The summed E-state index contributed by atoms with van der Waals surface area (Å²) in [4.78, 5) is 11.7. The van der Waals surface area contributed by atoms with Gasteiger partial charge in [-0.05, 0) is 63.2 Å². The highest BCUT2D eigenvalue weighted by Gasteiger charge is 2.10. The summed E-state index contributed by atoms with van der Waals surface area (Å²) in [6.07, 6.45) is 2.19. The standard InChI is InChI=1S/C16H24N2O2S/c1-5-7-12(4)17-16(21)18-14-9-8-13(10-11(14)3)15(19)20-6-2/h8-10,12H,5-7H2,1-4H3,(H2,17,18,21)/t12-/m1/s1. The highest BCUT2D eigenvalue weighted by atomic mass is 32.1. The number of thiocarbonyl (C=S) groups is 1. The Morgan fingerprint density at radius 3 is 2.67 bits per heavy atom. The van der Waals surface area contributed by atoms with Crippen LogP contribution < -0.4 is 10.6 Å². The number of hydrogen-bond acceptors (Lipinski definition) is 3. The molecule has 0 amide bonds. The topological polar surface area (TPSA) is 50.4 Å². The zero-order valence-corrected chi connectivity index (χ0v) is 14.0. The van der Waals surface area contributed by atoms with Crippen LogP contribution in [-0.2, 0) is 4.74 Å². The van der Waals surface area contributed by atoms with Gasteiger partial charge in [-0.3, -0.25) is 0 Å². The van der Waals surface area contributed by atoms with Crippen LogP contribution in [0.1, 0.15) is 49.5 Å². The lowest BCUT2D eigenvalue weighted by atomic mass is 10.1. The third kappa shape index (κ3) is 5.71. The van der Waals surface area contributed by atoms with Gasteiger partial charge in [-0.25, -0.2) is 4.79 Å². The molecule has 0 aromatic heterocycles. The highest BCUT2D eigenvalue weighted by Crippen LogP contribution is 2.17. The van der Waals surface area contributed by atoms with Crippen LogP contribution >= 0.6 is 12.2 Å². The second kappa shape index (κ2) is 8.62. The van der Waals surface area contributed by atoms with E-state index in [9.17, 15) is 4.79 Å². The van der Waals surface area contributed by atoms with Crippen molar-refractivity contribution in [3.63, 3.8) is 0 Å². The Balaban J connectivity index is 2.68. The van der Waals surface area contributed by atoms with E-state index in [1.807, 2.05) is 13.0 Å². The number of anilines is 1. The van der Waals surface area contributed by atoms with Gasteiger partial charge in [-0.15, -0.1) is 0 Å². The molecule has 5 heteroatoms. The monoisotopic (exact) mass is 308 g/mol. The van der Waals surface area contributed by atoms with E-state index in [0.29, 0.717) is 23.3 Å². The first-order valence-corrected chi connectivity index (χ1v) is 7.74. The van der Waals surface area contributed by atoms with Crippen molar-refractivity contribution in [2.24, 2.45) is 0 Å². The van der Waals surface area contributed by atoms with Gasteiger partial charge < -0.3 is 15.4 Å². The van der Waals surface area contributed by atoms with Crippen molar-refractivity contribution < 1.29 is 9.53 Å². The summed E-state index contributed by atoms with van der Waals surface area (Å²) in [5, 5.41) is 7.01. The molecule has 0 aliphatic heterocycles. The number of esters is 1. The quantitative estimate of drug-likeness (QED) is 0.620. The van der Waals surface area contributed by atoms with E-state index in [-0.39, 0.29) is 5.97 Å². The molecule has 0 aliphatic carbocycles. The molecule has 1 rings (SSSR count). The number of nitrogens with one attached hydrogen (secondary N) is 2. The van der Waals surface area contributed by atoms with Crippen LogP contribution in [0.25, 0.3) is 0 Å². The molecule has 4 nitrogen and oxygen atoms in total. The molecule has 21 heavy (non-hydrogen) atoms. The van der Waals surface area contributed by atoms with Gasteiger partial charge in [0.2, 0.25) is 0 Å². The van der Waals surface area contributed by atoms with Crippen LogP contribution in [0.15, 0.2) is 18.2 Å². The van der Waals surface area contributed by atoms with Gasteiger partial charge in [0.15, 0.2) is 5.11 Å². The lowest BCUT2D eigenvalue weighted by molar-refractivity contribution is 0.0526. The third-order valence-electron chi connectivity index (χ3n) is 3.08. The molecule has 116 valence electrons. The fraction of sp³-hybridized carbons (Fsp3) is 0.500. The molecule has 0 unspecified atom stereocenters. The molecule has 0 bridgehead atoms. The summed E-state index contributed by atoms with van der Waals surface area (Å²) in [6, 6.07) is 5.73. The fourth-order valence-corrected chi connectivity index (χ4v) is 2.34. The van der Waals surface area contributed by atoms with Crippen LogP contribution in [0.3, 0.4) is 0 Å². The zero-order chi connectivity index (χ0) is 15.8. The van der Waals surface area contributed by atoms with Crippen molar-refractivity contribution >= 4 is 29.0 Å². The number of ether oxygens (including phenoxy) is 1. The van der Waals surface area contributed by atoms with Crippen LogP contribution in [-0.4, -0.2) is 23.7 Å². The second-order valence-electron chi connectivity index (χ2n) is 5.04. The smallest absolute Gasteiger partial charge is 0.338 e. The minimum Gasteiger partial charge on any atom is -0.462 e. The van der Waals surface area contributed by atoms with Gasteiger partial charge in [0, 0.05) is 11.7 Å². The number of benzene rings is 1. The number of carbonyl (C=O) groups excluding carboxylic acids is 1. The molecule has 0 fully saturated rings. The van der Waals surface area contributed by atoms with Crippen LogP contribution in [0.4, 0.5) is 5.69 Å². The van der Waals surface area contributed by atoms with E-state index in [1.165, 1.54) is 0 Å². The summed E-state index contributed by atoms with van der Waals surface area (Å²) in [5.74, 6) is -0.301. The number of rotatable bonds is 6. The van der Waals surface area contributed by atoms with Gasteiger partial charge in [-0.2, -0.15) is 0 Å². The first-order valence-electron chi connectivity index (χ1n) is 7.33. The van der Waals surface area contributed by atoms with E-state index in [4.69, 9.17) is 17.0 Å². The molecule has 0 heterocycles. The Morgan fingerprint density at radius 1 is 1.38 bits per heavy atom. The normalized spacial score (nSPS) is 11.6. The predicted octanol–water partition coefficient (Wildman–Crippen LogP) is 3.65. The van der Waals surface area contributed by atoms with Gasteiger partial charge in [0.05, 0.1) is 12.2 Å². The van der Waals surface area contributed by atoms with Crippen molar-refractivity contribution in [1.82, 2.24) is 5.32 Å². The van der Waals surface area contributed by atoms with Crippen LogP contribution in [0.5, 0.6) is 0 Å². The van der Waals surface area contributed by atoms with Crippen molar-refractivity contribution in [1.29, 1.82) is 0 Å². The molecule has 1 aromatic rings. The summed E-state index contributed by atoms with van der Waals surface area (Å²) in [5.41, 5.74) is 2.40. The maximum Gasteiger partial charge on any atom is 0.338 e. The second-order valence-corrected chi connectivity index (χ2v) is 5.45. The van der Waals surface area contributed by atoms with Gasteiger partial charge in [0.1, 0.15) is 0 Å². The first kappa shape index (κ1) is 17.4. The minimum atomic E-state index is -0.301. The van der Waals surface area contributed by atoms with Crippen molar-refractivity contribution in [3.05, 3.63) is 29.3 Å². The Morgan fingerprint density at radius 2 is 2.10 bits per heavy atom. The summed E-state index contributed by atoms with van der Waals surface area (Å²) in [7, 11) is 0. The van der Waals surface area contributed by atoms with E-state index >= 15 is 0 Å². The van der Waals surface area contributed by atoms with Crippen LogP contribution in [0.2, 0.25) is 0 Å². The highest BCUT2D eigenvalue weighted by molar-refractivity contribution is 7.80. The maximum atomic E-state index is 11.7. The first-order chi connectivity index (χ1) is 9.97. The molecule has 2 N–H and O–H groups in total. The summed E-state index contributed by atoms with van der Waals surface area (Å²) in [6.45, 7) is 8.35. The molecule has 0 aliphatic rings. The van der Waals surface area contributed by atoms with E-state index in [1.54, 1.807) is 19.1 Å². The Hall–Kier alpha value is -1.62. The van der Waals surface area contributed by atoms with Crippen molar-refractivity contribution in [3.8, 4) is 0 Å². The lowest BCUT2D eigenvalue weighted by Gasteiger charge is -2.17. The fourth-order valence-electron chi connectivity index (χ4n) is 2.03. The Labute approximate surface area is 132 Å². The molecule has 1 aromatic carbocycles. The molecule has 0 radical (unpaired) electrons. The lowest BCUT2D eigenvalue weighted by Crippen LogP contribution is -2.35. The van der Waals surface area contributed by atoms with Gasteiger partial charge >= 0.3 is 5.97 Å². The van der Waals surface area contributed by atoms with E-state index in [2.05, 4.69) is 24.5 Å². The summed E-state index contributed by atoms with van der Waals surface area (Å²) < 4.78 is 4.99. The number of hydrogen-bond donors (Lipinski definition) is 2. The molecular formula is C16H24N2O2S. The molecule has 1 atom stereocenters. The van der Waals surface area contributed by atoms with Crippen LogP contribution in [0, 0.1) is 6.92 Å². The largest absolute Gasteiger partial charge is 0.462 e. The number of aryl methyl sites for hydroxylation is 1. The summed E-state index contributed by atoms with van der Waals surface area (Å²) >= 11 is 5.30. The Kier molecular flexibility index (Phi) is 7.15. The van der Waals surface area contributed by atoms with Crippen molar-refractivity contribution in [2.45, 2.75) is 46.6 Å². The molecule has 0 spiro atoms. The molecular weight excluding hydrogens is 284 g/mol. The number of carbonyl (C=O) groups is 1. The SMILES string of the molecule is CCC[C@@H](C)NC(=S)Nc1ccc(C(=O)OCC)cc1C. The predicted molar refractivity (Wildman–Crippen MR) is 90.9 cm³/mol.